The van der Waals surface area contributed by atoms with Gasteiger partial charge in [-0.3, -0.25) is 0 Å². The van der Waals surface area contributed by atoms with Crippen LogP contribution in [0.3, 0.4) is 0 Å². The Labute approximate surface area is 66.5 Å². The molecular weight excluding hydrogens is 148 g/mol. The third-order valence-corrected chi connectivity index (χ3v) is 11.6. The van der Waals surface area contributed by atoms with Gasteiger partial charge in [-0.15, -0.1) is 3.67 Å². The molecule has 0 saturated heterocycles. The molecule has 0 aromatic rings. The Kier molecular flexibility index (Phi) is 3.99. The fourth-order valence-corrected chi connectivity index (χ4v) is 6.25. The van der Waals surface area contributed by atoms with Crippen molar-refractivity contribution < 1.29 is 0 Å². The minimum absolute atomic E-state index is 0.232. The first-order valence-corrected chi connectivity index (χ1v) is 9.57. The highest BCUT2D eigenvalue weighted by Gasteiger charge is 2.22. The molecule has 0 spiro atoms. The summed E-state index contributed by atoms with van der Waals surface area (Å²) in [5.74, 6) is 0. The van der Waals surface area contributed by atoms with Crippen molar-refractivity contribution in [2.45, 2.75) is 30.2 Å². The van der Waals surface area contributed by atoms with E-state index < -0.39 is 8.07 Å². The molecule has 1 unspecified atom stereocenters. The van der Waals surface area contributed by atoms with Crippen LogP contribution in [0.1, 0.15) is 6.92 Å². The van der Waals surface area contributed by atoms with Gasteiger partial charge in [0.15, 0.2) is 0 Å². The van der Waals surface area contributed by atoms with Gasteiger partial charge in [-0.2, -0.15) is 0 Å². The second-order valence-electron chi connectivity index (χ2n) is 3.42. The number of rotatable bonds is 2. The van der Waals surface area contributed by atoms with Crippen LogP contribution in [-0.4, -0.2) is 27.3 Å². The summed E-state index contributed by atoms with van der Waals surface area (Å²) in [5, 5.41) is 0. The van der Waals surface area contributed by atoms with E-state index in [0.29, 0.717) is 0 Å². The van der Waals surface area contributed by atoms with Gasteiger partial charge in [-0.25, -0.2) is 0 Å². The highest BCUT2D eigenvalue weighted by Crippen LogP contribution is 2.19. The van der Waals surface area contributed by atoms with Crippen LogP contribution >= 0.6 is 9.07 Å². The van der Waals surface area contributed by atoms with E-state index >= 15 is 0 Å². The van der Waals surface area contributed by atoms with Gasteiger partial charge in [0, 0.05) is 8.07 Å². The van der Waals surface area contributed by atoms with E-state index in [0.717, 1.165) is 3.67 Å². The molecule has 0 aromatic carbocycles. The fraction of sp³-hybridized carbons (Fsp3) is 1.00. The molecule has 0 fully saturated rings. The number of hydrogen-bond donors (Lipinski definition) is 0. The summed E-state index contributed by atoms with van der Waals surface area (Å²) in [7, 11) is 4.98. The summed E-state index contributed by atoms with van der Waals surface area (Å²) in [6.07, 6.45) is 0. The zero-order chi connectivity index (χ0) is 6.78. The van der Waals surface area contributed by atoms with Crippen LogP contribution in [0.15, 0.2) is 0 Å². The first-order chi connectivity index (χ1) is 3.48. The van der Waals surface area contributed by atoms with Crippen molar-refractivity contribution in [2.75, 3.05) is 0 Å². The summed E-state index contributed by atoms with van der Waals surface area (Å²) >= 11 is -0.232. The van der Waals surface area contributed by atoms with Crippen molar-refractivity contribution in [3.05, 3.63) is 0 Å². The Morgan fingerprint density at radius 1 is 1.38 bits per heavy atom. The Bertz CT molecular complexity index is 69.3. The maximum atomic E-state index is 5.81. The molecule has 0 saturated carbocycles. The first-order valence-electron chi connectivity index (χ1n) is 3.04. The molecule has 0 aromatic heterocycles. The highest BCUT2D eigenvalue weighted by atomic mass is 35.5. The molecule has 0 nitrogen and oxygen atoms in total. The van der Waals surface area contributed by atoms with Gasteiger partial charge in [-0.05, 0) is 0 Å². The van der Waals surface area contributed by atoms with E-state index in [1.807, 2.05) is 0 Å². The Morgan fingerprint density at radius 2 is 1.75 bits per heavy atom. The largest absolute Gasteiger partial charge is 0.501 e. The van der Waals surface area contributed by atoms with E-state index in [4.69, 9.17) is 9.07 Å². The molecule has 0 bridgehead atoms. The minimum Gasteiger partial charge on any atom is -0.346 e. The summed E-state index contributed by atoms with van der Waals surface area (Å²) in [5.41, 5.74) is 0. The molecule has 8 heavy (non-hydrogen) atoms. The van der Waals surface area contributed by atoms with Gasteiger partial charge in [0.25, 0.3) is 0 Å². The summed E-state index contributed by atoms with van der Waals surface area (Å²) < 4.78 is 0.893. The lowest BCUT2D eigenvalue weighted by Crippen LogP contribution is -2.28. The number of hydrogen-bond acceptors (Lipinski definition) is 0. The van der Waals surface area contributed by atoms with E-state index in [-0.39, 0.29) is 19.3 Å². The van der Waals surface area contributed by atoms with Crippen molar-refractivity contribution in [2.24, 2.45) is 0 Å². The Morgan fingerprint density at radius 3 is 1.75 bits per heavy atom. The van der Waals surface area contributed by atoms with Crippen molar-refractivity contribution in [3.63, 3.8) is 0 Å². The van der Waals surface area contributed by atoms with Gasteiger partial charge >= 0.3 is 19.3 Å². The standard InChI is InChI=1S/C5H13Si.ClH.Mg/c1-5-6(2,3)4;;/h5H,1-4H3;1H;/q;;+1/p-1. The summed E-state index contributed by atoms with van der Waals surface area (Å²) in [6, 6.07) is 0. The summed E-state index contributed by atoms with van der Waals surface area (Å²) in [6.45, 7) is 9.44. The zero-order valence-electron chi connectivity index (χ0n) is 6.16. The quantitative estimate of drug-likeness (QED) is 0.546. The van der Waals surface area contributed by atoms with Crippen molar-refractivity contribution in [1.29, 1.82) is 0 Å². The van der Waals surface area contributed by atoms with Gasteiger partial charge in [-0.1, -0.05) is 26.6 Å². The van der Waals surface area contributed by atoms with Crippen LogP contribution in [0.25, 0.3) is 0 Å². The SMILES string of the molecule is C[CH]([Mg][Cl])[Si](C)(C)C. The highest BCUT2D eigenvalue weighted by molar-refractivity contribution is 7.03. The predicted molar refractivity (Wildman–Crippen MR) is 44.4 cm³/mol. The van der Waals surface area contributed by atoms with Gasteiger partial charge in [0.2, 0.25) is 0 Å². The van der Waals surface area contributed by atoms with Gasteiger partial charge in [0.1, 0.15) is 0 Å². The topological polar surface area (TPSA) is 0 Å². The van der Waals surface area contributed by atoms with Crippen molar-refractivity contribution in [3.8, 4) is 0 Å². The van der Waals surface area contributed by atoms with Crippen molar-refractivity contribution in [1.82, 2.24) is 0 Å². The third kappa shape index (κ3) is 3.33. The smallest absolute Gasteiger partial charge is 0.346 e. The third-order valence-electron chi connectivity index (χ3n) is 1.71. The van der Waals surface area contributed by atoms with E-state index in [2.05, 4.69) is 26.6 Å². The van der Waals surface area contributed by atoms with Crippen LogP contribution in [0.4, 0.5) is 0 Å². The van der Waals surface area contributed by atoms with Gasteiger partial charge in [0.05, 0.1) is 0 Å². The normalized spacial score (nSPS) is 15.1. The molecule has 0 aliphatic rings. The molecular formula is C5H13ClMgSi. The fourth-order valence-electron chi connectivity index (χ4n) is 0.231. The number of halogens is 1. The van der Waals surface area contributed by atoms with Crippen LogP contribution in [0.2, 0.25) is 23.3 Å². The van der Waals surface area contributed by atoms with E-state index in [1.54, 1.807) is 0 Å². The lowest BCUT2D eigenvalue weighted by atomic mass is 10.9. The molecule has 0 aliphatic heterocycles. The lowest BCUT2D eigenvalue weighted by Gasteiger charge is -2.22. The minimum atomic E-state index is -0.831. The van der Waals surface area contributed by atoms with Crippen LogP contribution in [0.5, 0.6) is 0 Å². The molecule has 0 N–H and O–H groups in total. The maximum absolute atomic E-state index is 5.81. The second kappa shape index (κ2) is 3.44. The molecule has 46 valence electrons. The maximum Gasteiger partial charge on any atom is 0.501 e. The van der Waals surface area contributed by atoms with Crippen LogP contribution in [-0.2, 0) is 0 Å². The molecule has 0 amide bonds. The second-order valence-corrected chi connectivity index (χ2v) is 12.4. The molecule has 0 aliphatic carbocycles. The van der Waals surface area contributed by atoms with Crippen LogP contribution < -0.4 is 0 Å². The Hall–Kier alpha value is 1.27. The molecule has 0 radical (unpaired) electrons. The average Bonchev–Trinajstić information content (AvgIpc) is 1.62. The van der Waals surface area contributed by atoms with E-state index in [9.17, 15) is 0 Å². The predicted octanol–water partition coefficient (Wildman–Crippen LogP) is 2.53. The molecule has 1 atom stereocenters. The van der Waals surface area contributed by atoms with Crippen LogP contribution in [0, 0.1) is 0 Å². The van der Waals surface area contributed by atoms with E-state index in [1.165, 1.54) is 0 Å². The molecule has 0 rings (SSSR count). The average molecular weight is 161 g/mol. The Balaban J connectivity index is 3.62. The first kappa shape index (κ1) is 9.27. The lowest BCUT2D eigenvalue weighted by molar-refractivity contribution is 1.25. The monoisotopic (exact) mass is 160 g/mol. The molecule has 3 heteroatoms. The summed E-state index contributed by atoms with van der Waals surface area (Å²) in [4.78, 5) is 0. The molecule has 0 heterocycles. The van der Waals surface area contributed by atoms with Crippen molar-refractivity contribution >= 4 is 36.4 Å². The zero-order valence-corrected chi connectivity index (χ0v) is 9.33. The van der Waals surface area contributed by atoms with Gasteiger partial charge < -0.3 is 9.07 Å².